The third kappa shape index (κ3) is 7.09. The van der Waals surface area contributed by atoms with E-state index in [1.807, 2.05) is 12.1 Å². The van der Waals surface area contributed by atoms with Crippen LogP contribution >= 0.6 is 0 Å². The molecule has 8 heteroatoms. The molecule has 0 N–H and O–H groups in total. The molecule has 1 aliphatic heterocycles. The number of fused-ring (bicyclic) bond motifs is 1. The van der Waals surface area contributed by atoms with Gasteiger partial charge in [-0.2, -0.15) is 13.2 Å². The van der Waals surface area contributed by atoms with Crippen LogP contribution in [0, 0.1) is 5.92 Å². The minimum Gasteiger partial charge on any atom is -0.494 e. The molecule has 0 spiro atoms. The second-order valence-corrected chi connectivity index (χ2v) is 9.77. The van der Waals surface area contributed by atoms with Crippen molar-refractivity contribution in [1.82, 2.24) is 14.5 Å². The lowest BCUT2D eigenvalue weighted by Gasteiger charge is -2.20. The van der Waals surface area contributed by atoms with Crippen molar-refractivity contribution < 1.29 is 17.9 Å². The van der Waals surface area contributed by atoms with E-state index in [1.165, 1.54) is 23.0 Å². The molecule has 1 fully saturated rings. The van der Waals surface area contributed by atoms with Crippen LogP contribution in [0.15, 0.2) is 53.6 Å². The third-order valence-electron chi connectivity index (χ3n) is 7.06. The van der Waals surface area contributed by atoms with Crippen LogP contribution < -0.4 is 10.3 Å². The first-order valence-electron chi connectivity index (χ1n) is 12.8. The molecule has 1 unspecified atom stereocenters. The maximum absolute atomic E-state index is 13.0. The molecule has 0 amide bonds. The first-order chi connectivity index (χ1) is 17.3. The monoisotopic (exact) mass is 501 g/mol. The zero-order valence-electron chi connectivity index (χ0n) is 20.8. The van der Waals surface area contributed by atoms with Gasteiger partial charge in [-0.3, -0.25) is 4.79 Å². The summed E-state index contributed by atoms with van der Waals surface area (Å²) in [5.41, 5.74) is 0.798. The third-order valence-corrected chi connectivity index (χ3v) is 7.06. The van der Waals surface area contributed by atoms with E-state index in [4.69, 9.17) is 4.74 Å². The number of aryl methyl sites for hydroxylation is 2. The van der Waals surface area contributed by atoms with E-state index < -0.39 is 11.7 Å². The largest absolute Gasteiger partial charge is 0.494 e. The average molecular weight is 502 g/mol. The van der Waals surface area contributed by atoms with Crippen molar-refractivity contribution >= 4 is 10.9 Å². The molecular formula is C28H34F3N3O2. The summed E-state index contributed by atoms with van der Waals surface area (Å²) in [5, 5.41) is 0.560. The van der Waals surface area contributed by atoms with Crippen LogP contribution in [0.5, 0.6) is 5.75 Å². The van der Waals surface area contributed by atoms with Crippen molar-refractivity contribution in [2.24, 2.45) is 13.0 Å². The Hall–Kier alpha value is -2.87. The minimum absolute atomic E-state index is 0.0836. The molecule has 0 aliphatic carbocycles. The highest BCUT2D eigenvalue weighted by Gasteiger charge is 2.30. The van der Waals surface area contributed by atoms with Gasteiger partial charge in [0.2, 0.25) is 0 Å². The maximum Gasteiger partial charge on any atom is 0.416 e. The molecule has 1 aromatic heterocycles. The van der Waals surface area contributed by atoms with Crippen molar-refractivity contribution in [3.05, 3.63) is 70.3 Å². The number of halogens is 3. The normalized spacial score (nSPS) is 17.3. The highest BCUT2D eigenvalue weighted by Crippen LogP contribution is 2.30. The van der Waals surface area contributed by atoms with Gasteiger partial charge in [-0.15, -0.1) is 0 Å². The lowest BCUT2D eigenvalue weighted by atomic mass is 9.93. The summed E-state index contributed by atoms with van der Waals surface area (Å²) >= 11 is 0. The van der Waals surface area contributed by atoms with Crippen LogP contribution in [0.1, 0.15) is 49.7 Å². The summed E-state index contributed by atoms with van der Waals surface area (Å²) in [7, 11) is 1.68. The Morgan fingerprint density at radius 2 is 1.94 bits per heavy atom. The number of alkyl halides is 3. The van der Waals surface area contributed by atoms with Gasteiger partial charge in [-0.1, -0.05) is 18.2 Å². The van der Waals surface area contributed by atoms with Crippen LogP contribution in [0.4, 0.5) is 13.2 Å². The van der Waals surface area contributed by atoms with Crippen LogP contribution in [-0.2, 0) is 19.6 Å². The lowest BCUT2D eigenvalue weighted by Crippen LogP contribution is -2.26. The Morgan fingerprint density at radius 1 is 1.08 bits per heavy atom. The van der Waals surface area contributed by atoms with Crippen molar-refractivity contribution in [2.45, 2.75) is 51.1 Å². The SMILES string of the molecule is Cn1cnc2ccc(OCCCCN3CCCC(CCc4cccc(C(F)(F)F)c4)CC3)cc2c1=O. The van der Waals surface area contributed by atoms with Gasteiger partial charge < -0.3 is 14.2 Å². The quantitative estimate of drug-likeness (QED) is 0.345. The van der Waals surface area contributed by atoms with Gasteiger partial charge in [-0.25, -0.2) is 4.98 Å². The number of hydrogen-bond donors (Lipinski definition) is 0. The van der Waals surface area contributed by atoms with E-state index in [1.54, 1.807) is 19.2 Å². The number of hydrogen-bond acceptors (Lipinski definition) is 4. The summed E-state index contributed by atoms with van der Waals surface area (Å²) in [6.45, 7) is 3.72. The van der Waals surface area contributed by atoms with Gasteiger partial charge >= 0.3 is 6.18 Å². The van der Waals surface area contributed by atoms with E-state index in [9.17, 15) is 18.0 Å². The Morgan fingerprint density at radius 3 is 2.78 bits per heavy atom. The highest BCUT2D eigenvalue weighted by molar-refractivity contribution is 5.78. The smallest absolute Gasteiger partial charge is 0.416 e. The lowest BCUT2D eigenvalue weighted by molar-refractivity contribution is -0.137. The standard InChI is InChI=1S/C28H34F3N3O2/c1-33-20-32-26-12-11-24(19-25(26)27(33)35)36-17-3-2-14-34-15-5-7-21(13-16-34)9-10-22-6-4-8-23(18-22)28(29,30)31/h4,6,8,11-12,18-21H,2-3,5,7,9-10,13-17H2,1H3. The zero-order chi connectivity index (χ0) is 25.5. The Balaban J connectivity index is 1.16. The summed E-state index contributed by atoms with van der Waals surface area (Å²) in [5.74, 6) is 1.24. The molecule has 36 heavy (non-hydrogen) atoms. The first kappa shape index (κ1) is 26.2. The summed E-state index contributed by atoms with van der Waals surface area (Å²) < 4.78 is 46.2. The van der Waals surface area contributed by atoms with Crippen LogP contribution in [0.25, 0.3) is 10.9 Å². The molecule has 1 saturated heterocycles. The molecule has 2 heterocycles. The van der Waals surface area contributed by atoms with Crippen molar-refractivity contribution in [3.63, 3.8) is 0 Å². The van der Waals surface area contributed by atoms with Crippen molar-refractivity contribution in [2.75, 3.05) is 26.2 Å². The van der Waals surface area contributed by atoms with Gasteiger partial charge in [0, 0.05) is 7.05 Å². The number of nitrogens with zero attached hydrogens (tertiary/aromatic N) is 3. The maximum atomic E-state index is 13.0. The minimum atomic E-state index is -4.28. The molecule has 0 radical (unpaired) electrons. The average Bonchev–Trinajstić information content (AvgIpc) is 3.10. The Bertz CT molecular complexity index is 1210. The number of unbranched alkanes of at least 4 members (excludes halogenated alkanes) is 1. The van der Waals surface area contributed by atoms with E-state index in [-0.39, 0.29) is 5.56 Å². The number of benzene rings is 2. The van der Waals surface area contributed by atoms with Crippen LogP contribution in [0.3, 0.4) is 0 Å². The highest BCUT2D eigenvalue weighted by atomic mass is 19.4. The topological polar surface area (TPSA) is 47.4 Å². The van der Waals surface area contributed by atoms with E-state index in [0.717, 1.165) is 69.8 Å². The molecule has 194 valence electrons. The molecule has 4 rings (SSSR count). The molecule has 0 saturated carbocycles. The fourth-order valence-corrected chi connectivity index (χ4v) is 4.92. The number of ether oxygens (including phenoxy) is 1. The van der Waals surface area contributed by atoms with E-state index in [0.29, 0.717) is 35.6 Å². The van der Waals surface area contributed by atoms with Crippen LogP contribution in [-0.4, -0.2) is 40.7 Å². The molecule has 2 aromatic carbocycles. The Labute approximate surface area is 209 Å². The summed E-state index contributed by atoms with van der Waals surface area (Å²) in [4.78, 5) is 19.0. The number of likely N-dealkylation sites (tertiary alicyclic amines) is 1. The molecule has 0 bridgehead atoms. The summed E-state index contributed by atoms with van der Waals surface area (Å²) in [6, 6.07) is 11.2. The molecule has 3 aromatic rings. The molecule has 5 nitrogen and oxygen atoms in total. The van der Waals surface area contributed by atoms with E-state index in [2.05, 4.69) is 9.88 Å². The van der Waals surface area contributed by atoms with Gasteiger partial charge in [0.25, 0.3) is 5.56 Å². The van der Waals surface area contributed by atoms with Crippen molar-refractivity contribution in [1.29, 1.82) is 0 Å². The predicted octanol–water partition coefficient (Wildman–Crippen LogP) is 5.85. The van der Waals surface area contributed by atoms with Gasteiger partial charge in [-0.05, 0) is 100 Å². The fourth-order valence-electron chi connectivity index (χ4n) is 4.92. The van der Waals surface area contributed by atoms with Gasteiger partial charge in [0.15, 0.2) is 0 Å². The zero-order valence-corrected chi connectivity index (χ0v) is 20.8. The predicted molar refractivity (Wildman–Crippen MR) is 135 cm³/mol. The number of aromatic nitrogens is 2. The summed E-state index contributed by atoms with van der Waals surface area (Å²) in [6.07, 6.45) is 4.19. The second-order valence-electron chi connectivity index (χ2n) is 9.77. The number of rotatable bonds is 9. The Kier molecular flexibility index (Phi) is 8.67. The molecular weight excluding hydrogens is 467 g/mol. The fraction of sp³-hybridized carbons (Fsp3) is 0.500. The molecule has 1 aliphatic rings. The first-order valence-corrected chi connectivity index (χ1v) is 12.8. The molecule has 1 atom stereocenters. The van der Waals surface area contributed by atoms with E-state index >= 15 is 0 Å². The van der Waals surface area contributed by atoms with Gasteiger partial charge in [0.05, 0.1) is 29.4 Å². The van der Waals surface area contributed by atoms with Crippen LogP contribution in [0.2, 0.25) is 0 Å². The van der Waals surface area contributed by atoms with Crippen molar-refractivity contribution in [3.8, 4) is 5.75 Å². The van der Waals surface area contributed by atoms with Gasteiger partial charge in [0.1, 0.15) is 5.75 Å². The second kappa shape index (κ2) is 11.9.